The summed E-state index contributed by atoms with van der Waals surface area (Å²) in [6.45, 7) is 3.73. The van der Waals surface area contributed by atoms with Crippen LogP contribution < -0.4 is 10.5 Å². The maximum absolute atomic E-state index is 13.0. The molecule has 0 amide bonds. The minimum atomic E-state index is -0.771. The van der Waals surface area contributed by atoms with Crippen LogP contribution in [0, 0.1) is 5.82 Å². The van der Waals surface area contributed by atoms with Crippen molar-refractivity contribution >= 4 is 5.69 Å². The summed E-state index contributed by atoms with van der Waals surface area (Å²) >= 11 is 0. The molecule has 0 saturated carbocycles. The van der Waals surface area contributed by atoms with Gasteiger partial charge in [0.05, 0.1) is 17.9 Å². The number of aliphatic hydroxyl groups is 1. The minimum absolute atomic E-state index is 0.102. The summed E-state index contributed by atoms with van der Waals surface area (Å²) in [6, 6.07) is 4.29. The lowest BCUT2D eigenvalue weighted by molar-refractivity contribution is 0.0553. The van der Waals surface area contributed by atoms with Crippen molar-refractivity contribution < 1.29 is 14.2 Å². The predicted octanol–water partition coefficient (Wildman–Crippen LogP) is 1.95. The molecule has 0 bridgehead atoms. The minimum Gasteiger partial charge on any atom is -0.493 e. The second-order valence-corrected chi connectivity index (χ2v) is 4.09. The summed E-state index contributed by atoms with van der Waals surface area (Å²) in [5, 5.41) is 9.42. The number of nitrogen functional groups attached to an aromatic ring is 1. The maximum atomic E-state index is 13.0. The first kappa shape index (κ1) is 11.8. The summed E-state index contributed by atoms with van der Waals surface area (Å²) in [5.41, 5.74) is 4.65. The maximum Gasteiger partial charge on any atom is 0.149 e. The van der Waals surface area contributed by atoms with Crippen molar-refractivity contribution in [3.8, 4) is 5.75 Å². The largest absolute Gasteiger partial charge is 0.493 e. The van der Waals surface area contributed by atoms with Crippen LogP contribution in [0.3, 0.4) is 0 Å². The van der Waals surface area contributed by atoms with Crippen molar-refractivity contribution in [3.05, 3.63) is 24.0 Å². The van der Waals surface area contributed by atoms with Crippen LogP contribution in [0.2, 0.25) is 0 Å². The fourth-order valence-electron chi connectivity index (χ4n) is 1.02. The van der Waals surface area contributed by atoms with Crippen molar-refractivity contribution in [1.29, 1.82) is 0 Å². The topological polar surface area (TPSA) is 55.5 Å². The highest BCUT2D eigenvalue weighted by atomic mass is 19.1. The summed E-state index contributed by atoms with van der Waals surface area (Å²) < 4.78 is 18.2. The summed E-state index contributed by atoms with van der Waals surface area (Å²) in [5.74, 6) is -0.0679. The van der Waals surface area contributed by atoms with Crippen LogP contribution in [0.1, 0.15) is 20.3 Å². The molecule has 0 radical (unpaired) electrons. The Kier molecular flexibility index (Phi) is 3.52. The summed E-state index contributed by atoms with van der Waals surface area (Å²) in [4.78, 5) is 0. The lowest BCUT2D eigenvalue weighted by atomic mass is 10.1. The number of halogens is 1. The van der Waals surface area contributed by atoms with Gasteiger partial charge >= 0.3 is 0 Å². The van der Waals surface area contributed by atoms with E-state index in [2.05, 4.69) is 0 Å². The molecule has 84 valence electrons. The predicted molar refractivity (Wildman–Crippen MR) is 57.2 cm³/mol. The molecule has 1 rings (SSSR count). The van der Waals surface area contributed by atoms with Gasteiger partial charge in [-0.3, -0.25) is 0 Å². The third-order valence-electron chi connectivity index (χ3n) is 1.95. The van der Waals surface area contributed by atoms with E-state index in [-0.39, 0.29) is 5.69 Å². The number of rotatable bonds is 4. The van der Waals surface area contributed by atoms with E-state index in [0.29, 0.717) is 18.8 Å². The molecule has 15 heavy (non-hydrogen) atoms. The van der Waals surface area contributed by atoms with Gasteiger partial charge in [0.2, 0.25) is 0 Å². The Hall–Kier alpha value is -1.29. The van der Waals surface area contributed by atoms with Crippen molar-refractivity contribution in [1.82, 2.24) is 0 Å². The Morgan fingerprint density at radius 1 is 1.47 bits per heavy atom. The smallest absolute Gasteiger partial charge is 0.149 e. The van der Waals surface area contributed by atoms with Gasteiger partial charge in [-0.05, 0) is 26.0 Å². The van der Waals surface area contributed by atoms with Crippen LogP contribution in [-0.2, 0) is 0 Å². The number of hydrogen-bond acceptors (Lipinski definition) is 3. The zero-order valence-corrected chi connectivity index (χ0v) is 8.96. The van der Waals surface area contributed by atoms with Gasteiger partial charge in [0.15, 0.2) is 0 Å². The van der Waals surface area contributed by atoms with Gasteiger partial charge in [-0.15, -0.1) is 0 Å². The number of hydrogen-bond donors (Lipinski definition) is 2. The van der Waals surface area contributed by atoms with Gasteiger partial charge in [-0.2, -0.15) is 0 Å². The molecule has 1 aromatic carbocycles. The first-order valence-corrected chi connectivity index (χ1v) is 4.79. The molecule has 3 nitrogen and oxygen atoms in total. The highest BCUT2D eigenvalue weighted by Crippen LogP contribution is 2.18. The van der Waals surface area contributed by atoms with Gasteiger partial charge in [-0.25, -0.2) is 4.39 Å². The van der Waals surface area contributed by atoms with Gasteiger partial charge < -0.3 is 15.6 Å². The third-order valence-corrected chi connectivity index (χ3v) is 1.95. The number of nitrogens with two attached hydrogens (primary N) is 1. The van der Waals surface area contributed by atoms with Gasteiger partial charge in [-0.1, -0.05) is 0 Å². The molecule has 0 atom stereocenters. The zero-order valence-electron chi connectivity index (χ0n) is 8.96. The number of ether oxygens (including phenoxy) is 1. The van der Waals surface area contributed by atoms with Gasteiger partial charge in [0.25, 0.3) is 0 Å². The van der Waals surface area contributed by atoms with E-state index < -0.39 is 11.4 Å². The van der Waals surface area contributed by atoms with Crippen molar-refractivity contribution in [2.24, 2.45) is 0 Å². The summed E-state index contributed by atoms with van der Waals surface area (Å²) in [6.07, 6.45) is 0.485. The lowest BCUT2D eigenvalue weighted by Gasteiger charge is -2.17. The molecule has 0 aliphatic heterocycles. The van der Waals surface area contributed by atoms with Crippen molar-refractivity contribution in [2.45, 2.75) is 25.9 Å². The molecule has 1 aromatic rings. The standard InChI is InChI=1S/C11H16FNO2/c1-11(2,14)5-6-15-8-3-4-10(13)9(12)7-8/h3-4,7,14H,5-6,13H2,1-2H3. The monoisotopic (exact) mass is 213 g/mol. The van der Waals surface area contributed by atoms with E-state index in [9.17, 15) is 9.50 Å². The normalized spacial score (nSPS) is 11.5. The van der Waals surface area contributed by atoms with Gasteiger partial charge in [0, 0.05) is 12.5 Å². The van der Waals surface area contributed by atoms with Gasteiger partial charge in [0.1, 0.15) is 11.6 Å². The Bertz CT molecular complexity index is 334. The molecular weight excluding hydrogens is 197 g/mol. The molecule has 0 aliphatic carbocycles. The number of anilines is 1. The molecule has 0 fully saturated rings. The molecule has 3 N–H and O–H groups in total. The quantitative estimate of drug-likeness (QED) is 0.751. The molecule has 4 heteroatoms. The van der Waals surface area contributed by atoms with Crippen LogP contribution in [0.25, 0.3) is 0 Å². The van der Waals surface area contributed by atoms with Crippen LogP contribution in [-0.4, -0.2) is 17.3 Å². The molecule has 0 unspecified atom stereocenters. The Morgan fingerprint density at radius 2 is 2.13 bits per heavy atom. The van der Waals surface area contributed by atoms with E-state index in [4.69, 9.17) is 10.5 Å². The van der Waals surface area contributed by atoms with Crippen LogP contribution in [0.5, 0.6) is 5.75 Å². The van der Waals surface area contributed by atoms with Crippen LogP contribution >= 0.6 is 0 Å². The average Bonchev–Trinajstić information content (AvgIpc) is 2.09. The number of benzene rings is 1. The zero-order chi connectivity index (χ0) is 11.5. The van der Waals surface area contributed by atoms with Crippen LogP contribution in [0.15, 0.2) is 18.2 Å². The molecule has 0 heterocycles. The molecule has 0 aliphatic rings. The molecule has 0 saturated heterocycles. The lowest BCUT2D eigenvalue weighted by Crippen LogP contribution is -2.21. The first-order valence-electron chi connectivity index (χ1n) is 4.79. The second kappa shape index (κ2) is 4.49. The highest BCUT2D eigenvalue weighted by Gasteiger charge is 2.12. The first-order chi connectivity index (χ1) is 6.88. The highest BCUT2D eigenvalue weighted by molar-refractivity contribution is 5.43. The molecular formula is C11H16FNO2. The van der Waals surface area contributed by atoms with E-state index in [1.54, 1.807) is 19.9 Å². The summed E-state index contributed by atoms with van der Waals surface area (Å²) in [7, 11) is 0. The Labute approximate surface area is 88.7 Å². The molecule has 0 spiro atoms. The van der Waals surface area contributed by atoms with E-state index in [1.807, 2.05) is 0 Å². The second-order valence-electron chi connectivity index (χ2n) is 4.09. The third kappa shape index (κ3) is 4.16. The Balaban J connectivity index is 2.48. The average molecular weight is 213 g/mol. The van der Waals surface area contributed by atoms with Crippen LogP contribution in [0.4, 0.5) is 10.1 Å². The molecule has 0 aromatic heterocycles. The Morgan fingerprint density at radius 3 is 2.67 bits per heavy atom. The fourth-order valence-corrected chi connectivity index (χ4v) is 1.02. The van der Waals surface area contributed by atoms with Crippen molar-refractivity contribution in [2.75, 3.05) is 12.3 Å². The van der Waals surface area contributed by atoms with E-state index >= 15 is 0 Å². The fraction of sp³-hybridized carbons (Fsp3) is 0.455. The van der Waals surface area contributed by atoms with E-state index in [0.717, 1.165) is 0 Å². The SMILES string of the molecule is CC(C)(O)CCOc1ccc(N)c(F)c1. The van der Waals surface area contributed by atoms with Crippen molar-refractivity contribution in [3.63, 3.8) is 0 Å². The van der Waals surface area contributed by atoms with E-state index in [1.165, 1.54) is 12.1 Å².